The maximum absolute atomic E-state index is 13.5. The van der Waals surface area contributed by atoms with Gasteiger partial charge in [-0.05, 0) is 55.3 Å². The minimum absolute atomic E-state index is 0.0870. The largest absolute Gasteiger partial charge is 0.321 e. The van der Waals surface area contributed by atoms with Gasteiger partial charge in [0.1, 0.15) is 16.7 Å². The first kappa shape index (κ1) is 22.8. The molecule has 2 amide bonds. The van der Waals surface area contributed by atoms with Gasteiger partial charge in [0.05, 0.1) is 5.25 Å². The minimum atomic E-state index is -0.541. The van der Waals surface area contributed by atoms with Crippen LogP contribution in [-0.2, 0) is 16.0 Å². The second-order valence-corrected chi connectivity index (χ2v) is 9.67. The molecule has 3 aromatic carbocycles. The molecule has 7 heteroatoms. The maximum Gasteiger partial charge on any atom is 0.269 e. The molecule has 0 spiro atoms. The van der Waals surface area contributed by atoms with Crippen molar-refractivity contribution in [3.8, 4) is 6.07 Å². The average Bonchev–Trinajstić information content (AvgIpc) is 3.12. The molecule has 1 aliphatic rings. The SMILES string of the molecule is Cc1ccc(N2C(=O)[C@@H](Cc3ccc(Br)cc3)S/C2=C(/C#N)C(=O)Nc2ccccc2)cc1. The van der Waals surface area contributed by atoms with Crippen LogP contribution in [0.2, 0.25) is 0 Å². The number of benzene rings is 3. The first-order chi connectivity index (χ1) is 16.0. The van der Waals surface area contributed by atoms with E-state index in [-0.39, 0.29) is 11.5 Å². The second kappa shape index (κ2) is 10.1. The quantitative estimate of drug-likeness (QED) is 0.341. The Morgan fingerprint density at radius 3 is 2.36 bits per heavy atom. The third-order valence-corrected chi connectivity index (χ3v) is 6.96. The third-order valence-electron chi connectivity index (χ3n) is 5.16. The van der Waals surface area contributed by atoms with E-state index in [0.29, 0.717) is 22.8 Å². The third kappa shape index (κ3) is 5.19. The highest BCUT2D eigenvalue weighted by molar-refractivity contribution is 9.10. The topological polar surface area (TPSA) is 73.2 Å². The van der Waals surface area contributed by atoms with Crippen molar-refractivity contribution < 1.29 is 9.59 Å². The van der Waals surface area contributed by atoms with Gasteiger partial charge >= 0.3 is 0 Å². The van der Waals surface area contributed by atoms with Crippen LogP contribution in [0, 0.1) is 18.3 Å². The normalized spacial score (nSPS) is 16.9. The summed E-state index contributed by atoms with van der Waals surface area (Å²) in [6.07, 6.45) is 0.488. The summed E-state index contributed by atoms with van der Waals surface area (Å²) in [6.45, 7) is 1.96. The molecule has 5 nitrogen and oxygen atoms in total. The van der Waals surface area contributed by atoms with Gasteiger partial charge < -0.3 is 5.32 Å². The van der Waals surface area contributed by atoms with E-state index in [9.17, 15) is 14.9 Å². The Morgan fingerprint density at radius 2 is 1.73 bits per heavy atom. The van der Waals surface area contributed by atoms with Gasteiger partial charge in [-0.15, -0.1) is 0 Å². The lowest BCUT2D eigenvalue weighted by Crippen LogP contribution is -2.30. The van der Waals surface area contributed by atoms with E-state index in [1.54, 1.807) is 24.3 Å². The number of halogens is 1. The van der Waals surface area contributed by atoms with E-state index in [0.717, 1.165) is 15.6 Å². The highest BCUT2D eigenvalue weighted by atomic mass is 79.9. The van der Waals surface area contributed by atoms with Gasteiger partial charge in [-0.25, -0.2) is 0 Å². The summed E-state index contributed by atoms with van der Waals surface area (Å²) in [7, 11) is 0. The van der Waals surface area contributed by atoms with E-state index in [1.165, 1.54) is 16.7 Å². The molecule has 33 heavy (non-hydrogen) atoms. The number of rotatable bonds is 5. The molecular formula is C26H20BrN3O2S. The van der Waals surface area contributed by atoms with Gasteiger partial charge in [-0.3, -0.25) is 14.5 Å². The number of hydrogen-bond acceptors (Lipinski definition) is 4. The van der Waals surface area contributed by atoms with Crippen LogP contribution in [-0.4, -0.2) is 17.1 Å². The molecule has 1 aliphatic heterocycles. The zero-order chi connectivity index (χ0) is 23.4. The Bertz CT molecular complexity index is 1250. The summed E-state index contributed by atoms with van der Waals surface area (Å²) in [6, 6.07) is 26.2. The number of thioether (sulfide) groups is 1. The smallest absolute Gasteiger partial charge is 0.269 e. The van der Waals surface area contributed by atoms with Crippen molar-refractivity contribution in [3.05, 3.63) is 105 Å². The first-order valence-electron chi connectivity index (χ1n) is 10.3. The zero-order valence-electron chi connectivity index (χ0n) is 17.8. The lowest BCUT2D eigenvalue weighted by atomic mass is 10.1. The van der Waals surface area contributed by atoms with Crippen LogP contribution >= 0.6 is 27.7 Å². The Morgan fingerprint density at radius 1 is 1.06 bits per heavy atom. The second-order valence-electron chi connectivity index (χ2n) is 7.56. The molecule has 1 fully saturated rings. The molecule has 1 heterocycles. The lowest BCUT2D eigenvalue weighted by molar-refractivity contribution is -0.117. The minimum Gasteiger partial charge on any atom is -0.321 e. The molecule has 1 N–H and O–H groups in total. The number of nitrogens with zero attached hydrogens (tertiary/aromatic N) is 2. The monoisotopic (exact) mass is 517 g/mol. The van der Waals surface area contributed by atoms with Crippen molar-refractivity contribution in [1.29, 1.82) is 5.26 Å². The number of anilines is 2. The predicted octanol–water partition coefficient (Wildman–Crippen LogP) is 5.82. The van der Waals surface area contributed by atoms with E-state index in [1.807, 2.05) is 67.6 Å². The summed E-state index contributed by atoms with van der Waals surface area (Å²) >= 11 is 4.69. The summed E-state index contributed by atoms with van der Waals surface area (Å²) in [5.41, 5.74) is 3.18. The Hall–Kier alpha value is -3.34. The maximum atomic E-state index is 13.5. The van der Waals surface area contributed by atoms with Crippen molar-refractivity contribution in [2.75, 3.05) is 10.2 Å². The van der Waals surface area contributed by atoms with Crippen molar-refractivity contribution in [2.24, 2.45) is 0 Å². The summed E-state index contributed by atoms with van der Waals surface area (Å²) in [4.78, 5) is 28.0. The van der Waals surface area contributed by atoms with Crippen LogP contribution in [0.25, 0.3) is 0 Å². The molecule has 0 aromatic heterocycles. The molecule has 4 rings (SSSR count). The number of hydrogen-bond donors (Lipinski definition) is 1. The fourth-order valence-electron chi connectivity index (χ4n) is 3.47. The van der Waals surface area contributed by atoms with Gasteiger partial charge in [0, 0.05) is 15.8 Å². The lowest BCUT2D eigenvalue weighted by Gasteiger charge is -2.19. The fraction of sp³-hybridized carbons (Fsp3) is 0.115. The van der Waals surface area contributed by atoms with E-state index >= 15 is 0 Å². The van der Waals surface area contributed by atoms with E-state index in [4.69, 9.17) is 0 Å². The molecule has 3 aromatic rings. The summed E-state index contributed by atoms with van der Waals surface area (Å²) < 4.78 is 0.961. The number of aryl methyl sites for hydroxylation is 1. The predicted molar refractivity (Wildman–Crippen MR) is 136 cm³/mol. The first-order valence-corrected chi connectivity index (χ1v) is 12.0. The van der Waals surface area contributed by atoms with Crippen molar-refractivity contribution >= 4 is 50.9 Å². The average molecular weight is 518 g/mol. The number of amides is 2. The van der Waals surface area contributed by atoms with Crippen LogP contribution in [0.5, 0.6) is 0 Å². The molecule has 0 bridgehead atoms. The molecule has 1 atom stereocenters. The molecule has 0 unspecified atom stereocenters. The zero-order valence-corrected chi connectivity index (χ0v) is 20.2. The molecular weight excluding hydrogens is 498 g/mol. The van der Waals surface area contributed by atoms with Gasteiger partial charge in [-0.2, -0.15) is 5.26 Å². The van der Waals surface area contributed by atoms with E-state index < -0.39 is 11.2 Å². The number of nitriles is 1. The van der Waals surface area contributed by atoms with Gasteiger partial charge in [0.15, 0.2) is 0 Å². The Balaban J connectivity index is 1.72. The van der Waals surface area contributed by atoms with E-state index in [2.05, 4.69) is 21.2 Å². The van der Waals surface area contributed by atoms with Gasteiger partial charge in [0.2, 0.25) is 5.91 Å². The summed E-state index contributed by atoms with van der Waals surface area (Å²) in [5.74, 6) is -0.692. The highest BCUT2D eigenvalue weighted by Gasteiger charge is 2.40. The van der Waals surface area contributed by atoms with Gasteiger partial charge in [-0.1, -0.05) is 75.7 Å². The van der Waals surface area contributed by atoms with Crippen LogP contribution < -0.4 is 10.2 Å². The fourth-order valence-corrected chi connectivity index (χ4v) is 5.04. The molecule has 1 saturated heterocycles. The van der Waals surface area contributed by atoms with Crippen LogP contribution in [0.1, 0.15) is 11.1 Å². The molecule has 164 valence electrons. The number of nitrogens with one attached hydrogen (secondary N) is 1. The van der Waals surface area contributed by atoms with Crippen LogP contribution in [0.4, 0.5) is 11.4 Å². The Kier molecular flexibility index (Phi) is 6.97. The van der Waals surface area contributed by atoms with Crippen molar-refractivity contribution in [3.63, 3.8) is 0 Å². The molecule has 0 saturated carbocycles. The van der Waals surface area contributed by atoms with Crippen molar-refractivity contribution in [2.45, 2.75) is 18.6 Å². The molecule has 0 radical (unpaired) electrons. The molecule has 0 aliphatic carbocycles. The summed E-state index contributed by atoms with van der Waals surface area (Å²) in [5, 5.41) is 12.6. The standard InChI is InChI=1S/C26H20BrN3O2S/c1-17-7-13-21(14-8-17)30-25(32)23(15-18-9-11-19(27)12-10-18)33-26(30)22(16-28)24(31)29-20-5-3-2-4-6-20/h2-14,23H,15H2,1H3,(H,29,31)/b26-22-/t23-/m1/s1. The number of para-hydroxylation sites is 1. The highest BCUT2D eigenvalue weighted by Crippen LogP contribution is 2.42. The van der Waals surface area contributed by atoms with Crippen LogP contribution in [0.3, 0.4) is 0 Å². The van der Waals surface area contributed by atoms with Gasteiger partial charge in [0.25, 0.3) is 5.91 Å². The number of carbonyl (C=O) groups excluding carboxylic acids is 2. The van der Waals surface area contributed by atoms with Crippen molar-refractivity contribution in [1.82, 2.24) is 0 Å². The van der Waals surface area contributed by atoms with Crippen LogP contribution in [0.15, 0.2) is 93.9 Å². The number of carbonyl (C=O) groups is 2. The Labute approximate surface area is 205 Å².